The summed E-state index contributed by atoms with van der Waals surface area (Å²) in [7, 11) is 0. The van der Waals surface area contributed by atoms with Crippen LogP contribution in [0.25, 0.3) is 0 Å². The number of carbonyl (C=O) groups is 1. The van der Waals surface area contributed by atoms with Crippen molar-refractivity contribution in [1.82, 2.24) is 4.90 Å². The van der Waals surface area contributed by atoms with Crippen molar-refractivity contribution in [2.45, 2.75) is 19.3 Å². The van der Waals surface area contributed by atoms with Crippen LogP contribution in [0.1, 0.15) is 29.6 Å². The minimum atomic E-state index is -0.487. The third kappa shape index (κ3) is 3.44. The number of halogens is 2. The minimum absolute atomic E-state index is 0.000315. The number of amides is 1. The molecule has 1 N–H and O–H groups in total. The number of benzene rings is 1. The molecule has 114 valence electrons. The van der Waals surface area contributed by atoms with E-state index in [1.54, 1.807) is 11.0 Å². The molecule has 1 aliphatic heterocycles. The van der Waals surface area contributed by atoms with Crippen LogP contribution in [0.3, 0.4) is 0 Å². The van der Waals surface area contributed by atoms with Crippen LogP contribution in [0.4, 0.5) is 4.39 Å². The smallest absolute Gasteiger partial charge is 0.255 e. The Bertz CT molecular complexity index is 549. The molecular formula is C16H19ClFNO2. The van der Waals surface area contributed by atoms with E-state index in [0.29, 0.717) is 19.5 Å². The fourth-order valence-corrected chi connectivity index (χ4v) is 3.08. The summed E-state index contributed by atoms with van der Waals surface area (Å²) >= 11 is 6.00. The second-order valence-electron chi connectivity index (χ2n) is 5.61. The van der Waals surface area contributed by atoms with Gasteiger partial charge in [-0.25, -0.2) is 4.39 Å². The number of rotatable bonds is 4. The Morgan fingerprint density at radius 1 is 1.57 bits per heavy atom. The number of piperidine rings is 1. The third-order valence-corrected chi connectivity index (χ3v) is 4.35. The number of hydrogen-bond donors (Lipinski definition) is 1. The molecule has 1 saturated heterocycles. The zero-order chi connectivity index (χ0) is 15.5. The molecule has 3 nitrogen and oxygen atoms in total. The Hall–Kier alpha value is -1.39. The number of aliphatic hydroxyl groups excluding tert-OH is 1. The molecule has 0 aromatic heterocycles. The van der Waals surface area contributed by atoms with Crippen molar-refractivity contribution in [2.75, 3.05) is 19.7 Å². The van der Waals surface area contributed by atoms with Gasteiger partial charge in [-0.3, -0.25) is 4.79 Å². The van der Waals surface area contributed by atoms with E-state index in [1.807, 2.05) is 0 Å². The zero-order valence-corrected chi connectivity index (χ0v) is 12.6. The van der Waals surface area contributed by atoms with Crippen LogP contribution in [-0.2, 0) is 0 Å². The molecule has 0 aliphatic carbocycles. The van der Waals surface area contributed by atoms with E-state index in [2.05, 4.69) is 6.58 Å². The van der Waals surface area contributed by atoms with Crippen LogP contribution in [0, 0.1) is 11.2 Å². The molecule has 1 aromatic rings. The molecule has 1 fully saturated rings. The van der Waals surface area contributed by atoms with Crippen molar-refractivity contribution in [3.63, 3.8) is 0 Å². The van der Waals surface area contributed by atoms with E-state index >= 15 is 0 Å². The number of carbonyl (C=O) groups excluding carboxylic acids is 1. The predicted molar refractivity (Wildman–Crippen MR) is 80.9 cm³/mol. The van der Waals surface area contributed by atoms with Crippen LogP contribution in [0.2, 0.25) is 5.02 Å². The summed E-state index contributed by atoms with van der Waals surface area (Å²) in [6.07, 6.45) is 4.05. The van der Waals surface area contributed by atoms with Crippen molar-refractivity contribution >= 4 is 17.5 Å². The van der Waals surface area contributed by atoms with Gasteiger partial charge in [-0.05, 0) is 37.5 Å². The summed E-state index contributed by atoms with van der Waals surface area (Å²) in [6, 6.07) is 3.77. The fraction of sp³-hybridized carbons (Fsp3) is 0.438. The van der Waals surface area contributed by atoms with E-state index in [1.165, 1.54) is 12.1 Å². The average Bonchev–Trinajstić information content (AvgIpc) is 2.49. The second-order valence-corrected chi connectivity index (χ2v) is 6.01. The highest BCUT2D eigenvalue weighted by Crippen LogP contribution is 2.34. The summed E-state index contributed by atoms with van der Waals surface area (Å²) < 4.78 is 13.3. The molecule has 0 radical (unpaired) electrons. The van der Waals surface area contributed by atoms with Crippen LogP contribution < -0.4 is 0 Å². The summed E-state index contributed by atoms with van der Waals surface area (Å²) in [5, 5.41) is 9.91. The van der Waals surface area contributed by atoms with Gasteiger partial charge in [0.05, 0.1) is 17.2 Å². The van der Waals surface area contributed by atoms with Crippen molar-refractivity contribution in [3.8, 4) is 0 Å². The monoisotopic (exact) mass is 311 g/mol. The molecule has 1 aliphatic rings. The quantitative estimate of drug-likeness (QED) is 0.867. The van der Waals surface area contributed by atoms with E-state index in [-0.39, 0.29) is 28.5 Å². The molecule has 0 unspecified atom stereocenters. The molecule has 0 saturated carbocycles. The average molecular weight is 312 g/mol. The van der Waals surface area contributed by atoms with Gasteiger partial charge in [0.1, 0.15) is 5.82 Å². The lowest BCUT2D eigenvalue weighted by atomic mass is 9.77. The normalized spacial score (nSPS) is 22.1. The summed E-state index contributed by atoms with van der Waals surface area (Å²) in [6.45, 7) is 4.74. The van der Waals surface area contributed by atoms with Crippen molar-refractivity contribution in [1.29, 1.82) is 0 Å². The largest absolute Gasteiger partial charge is 0.396 e. The SMILES string of the molecule is C=CC[C@@]1(CO)CCCN(C(=O)c2cc(F)ccc2Cl)C1. The van der Waals surface area contributed by atoms with E-state index in [9.17, 15) is 14.3 Å². The predicted octanol–water partition coefficient (Wildman–Crippen LogP) is 3.27. The number of likely N-dealkylation sites (tertiary alicyclic amines) is 1. The maximum Gasteiger partial charge on any atom is 0.255 e. The fourth-order valence-electron chi connectivity index (χ4n) is 2.88. The number of hydrogen-bond acceptors (Lipinski definition) is 2. The third-order valence-electron chi connectivity index (χ3n) is 4.02. The van der Waals surface area contributed by atoms with Gasteiger partial charge in [-0.1, -0.05) is 17.7 Å². The van der Waals surface area contributed by atoms with Gasteiger partial charge >= 0.3 is 0 Å². The molecule has 1 heterocycles. The Morgan fingerprint density at radius 3 is 3.00 bits per heavy atom. The molecule has 21 heavy (non-hydrogen) atoms. The first-order valence-electron chi connectivity index (χ1n) is 6.97. The maximum atomic E-state index is 13.3. The van der Waals surface area contributed by atoms with Crippen LogP contribution in [-0.4, -0.2) is 35.6 Å². The van der Waals surface area contributed by atoms with Crippen LogP contribution >= 0.6 is 11.6 Å². The lowest BCUT2D eigenvalue weighted by Crippen LogP contribution is -2.47. The van der Waals surface area contributed by atoms with Gasteiger partial charge in [0.2, 0.25) is 0 Å². The van der Waals surface area contributed by atoms with Gasteiger partial charge < -0.3 is 10.0 Å². The lowest BCUT2D eigenvalue weighted by Gasteiger charge is -2.41. The van der Waals surface area contributed by atoms with Gasteiger partial charge in [-0.15, -0.1) is 6.58 Å². The standard InChI is InChI=1S/C16H19ClFNO2/c1-2-6-16(11-20)7-3-8-19(10-16)15(21)13-9-12(18)4-5-14(13)17/h2,4-5,9,20H,1,3,6-8,10-11H2/t16-/m1/s1. The van der Waals surface area contributed by atoms with Gasteiger partial charge in [-0.2, -0.15) is 0 Å². The molecule has 1 aromatic carbocycles. The summed E-state index contributed by atoms with van der Waals surface area (Å²) in [5.41, 5.74) is -0.181. The molecular weight excluding hydrogens is 293 g/mol. The maximum absolute atomic E-state index is 13.3. The minimum Gasteiger partial charge on any atom is -0.396 e. The zero-order valence-electron chi connectivity index (χ0n) is 11.8. The molecule has 0 spiro atoms. The summed E-state index contributed by atoms with van der Waals surface area (Å²) in [5.74, 6) is -0.777. The topological polar surface area (TPSA) is 40.5 Å². The van der Waals surface area contributed by atoms with Gasteiger partial charge in [0, 0.05) is 18.5 Å². The highest BCUT2D eigenvalue weighted by atomic mass is 35.5. The Morgan fingerprint density at radius 2 is 2.33 bits per heavy atom. The lowest BCUT2D eigenvalue weighted by molar-refractivity contribution is 0.0285. The van der Waals surface area contributed by atoms with E-state index < -0.39 is 5.82 Å². The first kappa shape index (κ1) is 16.0. The number of aliphatic hydroxyl groups is 1. The first-order chi connectivity index (χ1) is 10.0. The highest BCUT2D eigenvalue weighted by Gasteiger charge is 2.36. The first-order valence-corrected chi connectivity index (χ1v) is 7.35. The highest BCUT2D eigenvalue weighted by molar-refractivity contribution is 6.33. The van der Waals surface area contributed by atoms with Crippen molar-refractivity contribution in [3.05, 3.63) is 47.3 Å². The Balaban J connectivity index is 2.22. The molecule has 0 bridgehead atoms. The van der Waals surface area contributed by atoms with E-state index in [4.69, 9.17) is 11.6 Å². The number of nitrogens with zero attached hydrogens (tertiary/aromatic N) is 1. The van der Waals surface area contributed by atoms with Gasteiger partial charge in [0.25, 0.3) is 5.91 Å². The van der Waals surface area contributed by atoms with Crippen LogP contribution in [0.15, 0.2) is 30.9 Å². The van der Waals surface area contributed by atoms with Crippen molar-refractivity contribution < 1.29 is 14.3 Å². The molecule has 2 rings (SSSR count). The molecule has 1 amide bonds. The van der Waals surface area contributed by atoms with Crippen molar-refractivity contribution in [2.24, 2.45) is 5.41 Å². The van der Waals surface area contributed by atoms with Gasteiger partial charge in [0.15, 0.2) is 0 Å². The Kier molecular flexibility index (Phi) is 5.01. The Labute approximate surface area is 129 Å². The summed E-state index contributed by atoms with van der Waals surface area (Å²) in [4.78, 5) is 14.2. The molecule has 1 atom stereocenters. The van der Waals surface area contributed by atoms with Crippen LogP contribution in [0.5, 0.6) is 0 Å². The molecule has 5 heteroatoms. The number of allylic oxidation sites excluding steroid dienone is 1. The van der Waals surface area contributed by atoms with E-state index in [0.717, 1.165) is 18.9 Å². The second kappa shape index (κ2) is 6.58.